The molecule has 0 aliphatic carbocycles. The van der Waals surface area contributed by atoms with Gasteiger partial charge in [-0.1, -0.05) is 34.5 Å². The summed E-state index contributed by atoms with van der Waals surface area (Å²) < 4.78 is 26.5. The standard InChI is InChI=1S/C21H27N3O2S/c1-27(25,26)24-16-20-7-3-2-6-19(20)13-21(17-24)8-11-23(12-9-21)15-18-5-4-10-22-14-18/h2-7,10,14H,8-9,11-13,15-17H2,1H3. The molecule has 1 saturated heterocycles. The molecule has 6 heteroatoms. The summed E-state index contributed by atoms with van der Waals surface area (Å²) in [5.41, 5.74) is 3.72. The van der Waals surface area contributed by atoms with Crippen LogP contribution in [0.2, 0.25) is 0 Å². The first-order chi connectivity index (χ1) is 12.9. The van der Waals surface area contributed by atoms with Gasteiger partial charge in [0.2, 0.25) is 0 Å². The summed E-state index contributed by atoms with van der Waals surface area (Å²) in [5.74, 6) is 0. The molecule has 0 saturated carbocycles. The van der Waals surface area contributed by atoms with Gasteiger partial charge in [-0.15, -0.1) is 4.31 Å². The second-order valence-electron chi connectivity index (χ2n) is 8.11. The van der Waals surface area contributed by atoms with Gasteiger partial charge in [-0.05, 0) is 60.5 Å². The second kappa shape index (κ2) is 7.43. The van der Waals surface area contributed by atoms with Gasteiger partial charge in [0, 0.05) is 18.9 Å². The minimum absolute atomic E-state index is 0.0289. The molecule has 0 bridgehead atoms. The predicted molar refractivity (Wildman–Crippen MR) is 106 cm³/mol. The number of benzene rings is 1. The molecular weight excluding hydrogens is 358 g/mol. The van der Waals surface area contributed by atoms with Crippen LogP contribution in [0.5, 0.6) is 0 Å². The van der Waals surface area contributed by atoms with Crippen molar-refractivity contribution in [2.24, 2.45) is 5.41 Å². The highest BCUT2D eigenvalue weighted by atomic mass is 32.3. The summed E-state index contributed by atoms with van der Waals surface area (Å²) >= 11 is 0. The Labute approximate surface area is 162 Å². The molecule has 1 spiro atoms. The molecule has 5 nitrogen and oxygen atoms in total. The summed E-state index contributed by atoms with van der Waals surface area (Å²) in [5, 5.41) is 0. The third-order valence-electron chi connectivity index (χ3n) is 6.06. The van der Waals surface area contributed by atoms with Crippen LogP contribution in [0.1, 0.15) is 29.5 Å². The van der Waals surface area contributed by atoms with Crippen molar-refractivity contribution >= 4 is 10.4 Å². The molecule has 1 atom stereocenters. The van der Waals surface area contributed by atoms with Crippen molar-refractivity contribution < 1.29 is 8.76 Å². The number of sulfonamides is 1. The number of hydrogen-bond donors (Lipinski definition) is 0. The number of fused-ring (bicyclic) bond motifs is 1. The summed E-state index contributed by atoms with van der Waals surface area (Å²) in [7, 11) is -3.22. The maximum Gasteiger partial charge on any atom is 0.122 e. The minimum atomic E-state index is -3.22. The molecule has 1 aromatic carbocycles. The number of likely N-dealkylation sites (tertiary alicyclic amines) is 1. The van der Waals surface area contributed by atoms with Crippen LogP contribution in [0, 0.1) is 5.41 Å². The van der Waals surface area contributed by atoms with Gasteiger partial charge in [-0.3, -0.25) is 9.88 Å². The first-order valence-electron chi connectivity index (χ1n) is 9.57. The number of nitrogens with zero attached hydrogens (tertiary/aromatic N) is 3. The molecule has 1 fully saturated rings. The Kier molecular flexibility index (Phi) is 5.16. The zero-order valence-corrected chi connectivity index (χ0v) is 16.7. The Balaban J connectivity index is 1.53. The van der Waals surface area contributed by atoms with Crippen molar-refractivity contribution in [1.29, 1.82) is 0 Å². The van der Waals surface area contributed by atoms with Crippen LogP contribution < -0.4 is 0 Å². The molecule has 27 heavy (non-hydrogen) atoms. The monoisotopic (exact) mass is 385 g/mol. The van der Waals surface area contributed by atoms with Crippen molar-refractivity contribution in [2.45, 2.75) is 32.4 Å². The van der Waals surface area contributed by atoms with Crippen LogP contribution in [-0.4, -0.2) is 44.6 Å². The molecule has 0 N–H and O–H groups in total. The van der Waals surface area contributed by atoms with Gasteiger partial charge in [-0.2, -0.15) is 0 Å². The highest BCUT2D eigenvalue weighted by molar-refractivity contribution is 7.94. The van der Waals surface area contributed by atoms with Gasteiger partial charge >= 0.3 is 0 Å². The lowest BCUT2D eigenvalue weighted by atomic mass is 9.73. The van der Waals surface area contributed by atoms with E-state index in [2.05, 4.69) is 34.1 Å². The Morgan fingerprint density at radius 2 is 1.89 bits per heavy atom. The Morgan fingerprint density at radius 3 is 2.56 bits per heavy atom. The average molecular weight is 386 g/mol. The summed E-state index contributed by atoms with van der Waals surface area (Å²) in [4.78, 5) is 6.67. The fraction of sp³-hybridized carbons (Fsp3) is 0.476. The molecule has 0 radical (unpaired) electrons. The molecule has 0 amide bonds. The minimum Gasteiger partial charge on any atom is -0.598 e. The Morgan fingerprint density at radius 1 is 1.15 bits per heavy atom. The fourth-order valence-corrected chi connectivity index (χ4v) is 5.35. The van der Waals surface area contributed by atoms with Crippen molar-refractivity contribution in [1.82, 2.24) is 14.2 Å². The molecule has 1 aromatic heterocycles. The molecule has 1 unspecified atom stereocenters. The van der Waals surface area contributed by atoms with E-state index in [1.807, 2.05) is 18.3 Å². The van der Waals surface area contributed by atoms with Crippen LogP contribution in [0.25, 0.3) is 0 Å². The molecule has 2 aliphatic heterocycles. The van der Waals surface area contributed by atoms with Crippen LogP contribution in [-0.2, 0) is 34.1 Å². The van der Waals surface area contributed by atoms with Gasteiger partial charge in [0.25, 0.3) is 0 Å². The van der Waals surface area contributed by atoms with Gasteiger partial charge in [0.15, 0.2) is 0 Å². The van der Waals surface area contributed by atoms with E-state index in [9.17, 15) is 8.76 Å². The Bertz CT molecular complexity index is 828. The van der Waals surface area contributed by atoms with Crippen molar-refractivity contribution in [3.8, 4) is 0 Å². The summed E-state index contributed by atoms with van der Waals surface area (Å²) in [6.07, 6.45) is 8.08. The maximum absolute atomic E-state index is 12.4. The number of rotatable bonds is 3. The van der Waals surface area contributed by atoms with Crippen LogP contribution in [0.15, 0.2) is 48.8 Å². The number of aromatic nitrogens is 1. The lowest BCUT2D eigenvalue weighted by molar-refractivity contribution is 0.0806. The number of hydrogen-bond acceptors (Lipinski definition) is 4. The third kappa shape index (κ3) is 4.29. The topological polar surface area (TPSA) is 59.5 Å². The first kappa shape index (κ1) is 18.7. The van der Waals surface area contributed by atoms with Gasteiger partial charge in [-0.25, -0.2) is 0 Å². The highest BCUT2D eigenvalue weighted by Gasteiger charge is 2.42. The van der Waals surface area contributed by atoms with Crippen LogP contribution in [0.3, 0.4) is 0 Å². The average Bonchev–Trinajstić information content (AvgIpc) is 2.81. The van der Waals surface area contributed by atoms with E-state index in [1.54, 1.807) is 10.5 Å². The first-order valence-corrected chi connectivity index (χ1v) is 11.4. The van der Waals surface area contributed by atoms with E-state index in [0.717, 1.165) is 44.5 Å². The lowest BCUT2D eigenvalue weighted by Crippen LogP contribution is -2.48. The second-order valence-corrected chi connectivity index (χ2v) is 10.1. The molecule has 2 aromatic rings. The van der Waals surface area contributed by atoms with Gasteiger partial charge < -0.3 is 4.55 Å². The number of piperidine rings is 1. The summed E-state index contributed by atoms with van der Waals surface area (Å²) in [6.45, 7) is 4.02. The largest absolute Gasteiger partial charge is 0.598 e. The highest BCUT2D eigenvalue weighted by Crippen LogP contribution is 2.40. The van der Waals surface area contributed by atoms with E-state index in [4.69, 9.17) is 0 Å². The van der Waals surface area contributed by atoms with Gasteiger partial charge in [0.1, 0.15) is 16.7 Å². The van der Waals surface area contributed by atoms with E-state index >= 15 is 0 Å². The van der Waals surface area contributed by atoms with Crippen molar-refractivity contribution in [3.63, 3.8) is 0 Å². The van der Waals surface area contributed by atoms with Crippen LogP contribution >= 0.6 is 0 Å². The zero-order chi connectivity index (χ0) is 18.9. The molecule has 4 rings (SSSR count). The van der Waals surface area contributed by atoms with Crippen molar-refractivity contribution in [2.75, 3.05) is 25.9 Å². The quantitative estimate of drug-likeness (QED) is 0.763. The normalized spacial score (nSPS) is 22.7. The van der Waals surface area contributed by atoms with E-state index in [1.165, 1.54) is 17.4 Å². The third-order valence-corrected chi connectivity index (χ3v) is 7.25. The smallest absolute Gasteiger partial charge is 0.122 e. The van der Waals surface area contributed by atoms with E-state index in [-0.39, 0.29) is 5.41 Å². The van der Waals surface area contributed by atoms with Gasteiger partial charge in [0.05, 0.1) is 13.1 Å². The predicted octanol–water partition coefficient (Wildman–Crippen LogP) is 2.90. The fourth-order valence-electron chi connectivity index (χ4n) is 4.47. The molecule has 2 aliphatic rings. The SMILES string of the molecule is C[S+](=O)([O-])N1Cc2ccccc2CC2(CCN(Cc3cccnc3)CC2)C1. The molecular formula is C21H27N3O2S. The maximum atomic E-state index is 12.4. The summed E-state index contributed by atoms with van der Waals surface area (Å²) in [6, 6.07) is 12.4. The molecule has 144 valence electrons. The number of pyridine rings is 1. The molecule has 3 heterocycles. The van der Waals surface area contributed by atoms with E-state index in [0.29, 0.717) is 13.1 Å². The lowest BCUT2D eigenvalue weighted by Gasteiger charge is -2.43. The van der Waals surface area contributed by atoms with Crippen LogP contribution in [0.4, 0.5) is 0 Å². The van der Waals surface area contributed by atoms with E-state index < -0.39 is 10.4 Å². The van der Waals surface area contributed by atoms with Crippen molar-refractivity contribution in [3.05, 3.63) is 65.5 Å². The zero-order valence-electron chi connectivity index (χ0n) is 15.8. The Hall–Kier alpha value is -1.60.